The normalized spacial score (nSPS) is 10.9. The van der Waals surface area contributed by atoms with Gasteiger partial charge in [-0.3, -0.25) is 0 Å². The third-order valence-electron chi connectivity index (χ3n) is 6.01. The van der Waals surface area contributed by atoms with Crippen LogP contribution in [0.1, 0.15) is 6.92 Å². The number of carbonyl (C=O) groups is 1. The Hall–Kier alpha value is -4.37. The summed E-state index contributed by atoms with van der Waals surface area (Å²) < 4.78 is 10.8. The molecule has 0 aliphatic rings. The first-order valence-corrected chi connectivity index (χ1v) is 11.1. The van der Waals surface area contributed by atoms with E-state index in [-0.39, 0.29) is 0 Å². The topological polar surface area (TPSA) is 35.5 Å². The van der Waals surface area contributed by atoms with E-state index in [1.165, 1.54) is 27.1 Å². The van der Waals surface area contributed by atoms with E-state index >= 15 is 0 Å². The first kappa shape index (κ1) is 21.5. The highest BCUT2D eigenvalue weighted by Crippen LogP contribution is 2.43. The lowest BCUT2D eigenvalue weighted by molar-refractivity contribution is -0.130. The van der Waals surface area contributed by atoms with Gasteiger partial charge in [0, 0.05) is 5.57 Å². The summed E-state index contributed by atoms with van der Waals surface area (Å²) in [7, 11) is 1.68. The lowest BCUT2D eigenvalue weighted by Crippen LogP contribution is -2.07. The molecule has 34 heavy (non-hydrogen) atoms. The average Bonchev–Trinajstić information content (AvgIpc) is 2.88. The smallest absolute Gasteiger partial charge is 0.338 e. The molecule has 0 saturated carbocycles. The number of methoxy groups -OCH3 is 1. The molecule has 0 fully saturated rings. The quantitative estimate of drug-likeness (QED) is 0.120. The van der Waals surface area contributed by atoms with E-state index in [1.807, 2.05) is 36.4 Å². The van der Waals surface area contributed by atoms with Crippen LogP contribution in [0, 0.1) is 0 Å². The standard InChI is InChI=1S/C31H24O3/c1-20(2)31(32)34-24-18-14-22(15-19-24)30-27-10-6-4-8-25(27)29(26-9-5-7-11-28(26)30)21-12-16-23(33-3)17-13-21/h4-19H,1H2,2-3H3. The molecule has 5 aromatic rings. The number of ether oxygens (including phenoxy) is 2. The van der Waals surface area contributed by atoms with Crippen molar-refractivity contribution in [1.29, 1.82) is 0 Å². The van der Waals surface area contributed by atoms with E-state index in [0.717, 1.165) is 22.4 Å². The lowest BCUT2D eigenvalue weighted by Gasteiger charge is -2.18. The number of rotatable bonds is 5. The predicted molar refractivity (Wildman–Crippen MR) is 139 cm³/mol. The maximum absolute atomic E-state index is 11.9. The van der Waals surface area contributed by atoms with Gasteiger partial charge >= 0.3 is 5.97 Å². The largest absolute Gasteiger partial charge is 0.497 e. The zero-order valence-corrected chi connectivity index (χ0v) is 19.2. The van der Waals surface area contributed by atoms with Crippen molar-refractivity contribution in [2.24, 2.45) is 0 Å². The summed E-state index contributed by atoms with van der Waals surface area (Å²) in [5.74, 6) is 0.911. The fourth-order valence-electron chi connectivity index (χ4n) is 4.39. The minimum absolute atomic E-state index is 0.371. The number of carbonyl (C=O) groups excluding carboxylic acids is 1. The van der Waals surface area contributed by atoms with Crippen LogP contribution in [-0.2, 0) is 4.79 Å². The maximum Gasteiger partial charge on any atom is 0.338 e. The van der Waals surface area contributed by atoms with Crippen molar-refractivity contribution >= 4 is 27.5 Å². The summed E-state index contributed by atoms with van der Waals surface area (Å²) in [4.78, 5) is 11.9. The van der Waals surface area contributed by atoms with Crippen molar-refractivity contribution in [2.45, 2.75) is 6.92 Å². The molecule has 0 heterocycles. The molecule has 0 spiro atoms. The van der Waals surface area contributed by atoms with Crippen LogP contribution in [-0.4, -0.2) is 13.1 Å². The fourth-order valence-corrected chi connectivity index (χ4v) is 4.39. The van der Waals surface area contributed by atoms with Gasteiger partial charge in [-0.05, 0) is 75.0 Å². The van der Waals surface area contributed by atoms with Crippen LogP contribution in [0.25, 0.3) is 43.8 Å². The van der Waals surface area contributed by atoms with Crippen molar-refractivity contribution in [3.63, 3.8) is 0 Å². The molecule has 0 saturated heterocycles. The minimum Gasteiger partial charge on any atom is -0.497 e. The van der Waals surface area contributed by atoms with Gasteiger partial charge in [0.2, 0.25) is 0 Å². The Bertz CT molecular complexity index is 1470. The molecular formula is C31H24O3. The number of fused-ring (bicyclic) bond motifs is 2. The summed E-state index contributed by atoms with van der Waals surface area (Å²) in [6.07, 6.45) is 0. The minimum atomic E-state index is -0.424. The molecule has 5 aromatic carbocycles. The molecule has 0 amide bonds. The van der Waals surface area contributed by atoms with Gasteiger partial charge < -0.3 is 9.47 Å². The Morgan fingerprint density at radius 3 is 1.35 bits per heavy atom. The molecule has 0 aliphatic carbocycles. The fraction of sp³-hybridized carbons (Fsp3) is 0.0645. The van der Waals surface area contributed by atoms with E-state index in [2.05, 4.69) is 67.2 Å². The molecule has 3 nitrogen and oxygen atoms in total. The molecule has 0 radical (unpaired) electrons. The molecule has 3 heteroatoms. The molecule has 0 aromatic heterocycles. The molecular weight excluding hydrogens is 420 g/mol. The van der Waals surface area contributed by atoms with Crippen LogP contribution >= 0.6 is 0 Å². The van der Waals surface area contributed by atoms with Crippen LogP contribution in [0.3, 0.4) is 0 Å². The summed E-state index contributed by atoms with van der Waals surface area (Å²) in [5, 5.41) is 4.69. The van der Waals surface area contributed by atoms with Crippen LogP contribution in [0.2, 0.25) is 0 Å². The highest BCUT2D eigenvalue weighted by atomic mass is 16.5. The Labute approximate surface area is 198 Å². The first-order valence-electron chi connectivity index (χ1n) is 11.1. The van der Waals surface area contributed by atoms with E-state index < -0.39 is 5.97 Å². The Kier molecular flexibility index (Phi) is 5.60. The van der Waals surface area contributed by atoms with Gasteiger partial charge in [0.05, 0.1) is 7.11 Å². The monoisotopic (exact) mass is 444 g/mol. The molecule has 0 atom stereocenters. The molecule has 0 unspecified atom stereocenters. The van der Waals surface area contributed by atoms with E-state index in [1.54, 1.807) is 14.0 Å². The predicted octanol–water partition coefficient (Wildman–Crippen LogP) is 7.82. The molecule has 0 bridgehead atoms. The summed E-state index contributed by atoms with van der Waals surface area (Å²) in [5.41, 5.74) is 4.92. The van der Waals surface area contributed by atoms with Gasteiger partial charge in [-0.1, -0.05) is 79.4 Å². The second-order valence-electron chi connectivity index (χ2n) is 8.26. The third kappa shape index (κ3) is 3.82. The second kappa shape index (κ2) is 8.87. The van der Waals surface area contributed by atoms with Crippen LogP contribution in [0.4, 0.5) is 0 Å². The SMILES string of the molecule is C=C(C)C(=O)Oc1ccc(-c2c3ccccc3c(-c3ccc(OC)cc3)c3ccccc23)cc1. The van der Waals surface area contributed by atoms with Gasteiger partial charge in [-0.15, -0.1) is 0 Å². The first-order chi connectivity index (χ1) is 16.6. The van der Waals surface area contributed by atoms with Crippen molar-refractivity contribution in [1.82, 2.24) is 0 Å². The van der Waals surface area contributed by atoms with Gasteiger partial charge in [0.15, 0.2) is 0 Å². The van der Waals surface area contributed by atoms with Gasteiger partial charge in [0.25, 0.3) is 0 Å². The highest BCUT2D eigenvalue weighted by molar-refractivity contribution is 6.21. The Morgan fingerprint density at radius 1 is 0.618 bits per heavy atom. The lowest BCUT2D eigenvalue weighted by atomic mass is 9.86. The zero-order valence-electron chi connectivity index (χ0n) is 19.2. The molecule has 5 rings (SSSR count). The van der Waals surface area contributed by atoms with Gasteiger partial charge in [-0.2, -0.15) is 0 Å². The van der Waals surface area contributed by atoms with Crippen LogP contribution in [0.15, 0.2) is 109 Å². The van der Waals surface area contributed by atoms with Crippen LogP contribution in [0.5, 0.6) is 11.5 Å². The zero-order chi connectivity index (χ0) is 23.7. The van der Waals surface area contributed by atoms with Crippen molar-refractivity contribution in [3.8, 4) is 33.8 Å². The average molecular weight is 445 g/mol. The Morgan fingerprint density at radius 2 is 1.00 bits per heavy atom. The highest BCUT2D eigenvalue weighted by Gasteiger charge is 2.16. The van der Waals surface area contributed by atoms with Crippen molar-refractivity contribution < 1.29 is 14.3 Å². The number of hydrogen-bond acceptors (Lipinski definition) is 3. The number of hydrogen-bond donors (Lipinski definition) is 0. The van der Waals surface area contributed by atoms with Crippen molar-refractivity contribution in [2.75, 3.05) is 7.11 Å². The maximum atomic E-state index is 11.9. The Balaban J connectivity index is 1.74. The van der Waals surface area contributed by atoms with Gasteiger partial charge in [0.1, 0.15) is 11.5 Å². The van der Waals surface area contributed by atoms with E-state index in [9.17, 15) is 4.79 Å². The van der Waals surface area contributed by atoms with E-state index in [4.69, 9.17) is 9.47 Å². The van der Waals surface area contributed by atoms with Crippen molar-refractivity contribution in [3.05, 3.63) is 109 Å². The summed E-state index contributed by atoms with van der Waals surface area (Å²) >= 11 is 0. The third-order valence-corrected chi connectivity index (χ3v) is 6.01. The number of benzene rings is 5. The van der Waals surface area contributed by atoms with E-state index in [0.29, 0.717) is 11.3 Å². The molecule has 166 valence electrons. The summed E-state index contributed by atoms with van der Waals surface area (Å²) in [6.45, 7) is 5.28. The van der Waals surface area contributed by atoms with Gasteiger partial charge in [-0.25, -0.2) is 4.79 Å². The number of esters is 1. The molecule has 0 aliphatic heterocycles. The molecule has 0 N–H and O–H groups in total. The summed E-state index contributed by atoms with van der Waals surface area (Å²) in [6, 6.07) is 32.9. The van der Waals surface area contributed by atoms with Crippen LogP contribution < -0.4 is 9.47 Å². The second-order valence-corrected chi connectivity index (χ2v) is 8.26.